The van der Waals surface area contributed by atoms with E-state index < -0.39 is 5.25 Å². The lowest BCUT2D eigenvalue weighted by atomic mass is 10.2. The highest BCUT2D eigenvalue weighted by Crippen LogP contribution is 2.27. The molecular weight excluding hydrogens is 342 g/mol. The Hall–Kier alpha value is -2.29. The maximum Gasteiger partial charge on any atom is 0.324 e. The third-order valence-electron chi connectivity index (χ3n) is 3.91. The molecule has 0 bridgehead atoms. The van der Waals surface area contributed by atoms with Crippen molar-refractivity contribution in [2.45, 2.75) is 43.6 Å². The molecule has 25 heavy (non-hydrogen) atoms. The molecule has 0 spiro atoms. The number of hydrogen-bond acceptors (Lipinski definition) is 6. The number of thioether (sulfide) groups is 1. The van der Waals surface area contributed by atoms with Gasteiger partial charge in [-0.2, -0.15) is 0 Å². The second-order valence-corrected chi connectivity index (χ2v) is 7.45. The van der Waals surface area contributed by atoms with E-state index in [-0.39, 0.29) is 17.9 Å². The zero-order chi connectivity index (χ0) is 18.0. The van der Waals surface area contributed by atoms with Crippen molar-refractivity contribution in [3.63, 3.8) is 0 Å². The minimum Gasteiger partial charge on any atom is -0.467 e. The highest BCUT2D eigenvalue weighted by Gasteiger charge is 2.31. The van der Waals surface area contributed by atoms with Crippen molar-refractivity contribution in [2.24, 2.45) is 0 Å². The summed E-state index contributed by atoms with van der Waals surface area (Å²) in [5.74, 6) is 1.59. The molecule has 1 aliphatic heterocycles. The number of aromatic nitrogens is 3. The van der Waals surface area contributed by atoms with Gasteiger partial charge in [-0.25, -0.2) is 4.79 Å². The molecule has 1 atom stereocenters. The van der Waals surface area contributed by atoms with Gasteiger partial charge in [0.1, 0.15) is 11.6 Å². The van der Waals surface area contributed by atoms with E-state index in [0.717, 1.165) is 11.6 Å². The van der Waals surface area contributed by atoms with Crippen LogP contribution in [0, 0.1) is 0 Å². The van der Waals surface area contributed by atoms with Crippen LogP contribution in [0.3, 0.4) is 0 Å². The van der Waals surface area contributed by atoms with E-state index in [1.165, 1.54) is 16.7 Å². The molecule has 0 radical (unpaired) electrons. The van der Waals surface area contributed by atoms with Crippen LogP contribution >= 0.6 is 11.8 Å². The third kappa shape index (κ3) is 3.71. The molecule has 0 saturated carbocycles. The van der Waals surface area contributed by atoms with Crippen molar-refractivity contribution in [1.82, 2.24) is 25.0 Å². The average molecular weight is 363 g/mol. The van der Waals surface area contributed by atoms with Gasteiger partial charge in [0.2, 0.25) is 5.91 Å². The molecule has 2 aromatic rings. The first-order valence-electron chi connectivity index (χ1n) is 8.18. The number of rotatable bonds is 6. The lowest BCUT2D eigenvalue weighted by Gasteiger charge is -2.17. The normalized spacial score (nSPS) is 15.7. The van der Waals surface area contributed by atoms with Crippen molar-refractivity contribution >= 4 is 23.7 Å². The molecular formula is C16H21N5O3S. The Balaban J connectivity index is 1.79. The molecule has 1 aliphatic rings. The molecule has 8 nitrogen and oxygen atoms in total. The Kier molecular flexibility index (Phi) is 5.12. The molecule has 3 rings (SSSR count). The average Bonchev–Trinajstić information content (AvgIpc) is 3.29. The van der Waals surface area contributed by atoms with Gasteiger partial charge in [-0.1, -0.05) is 25.6 Å². The Bertz CT molecular complexity index is 756. The zero-order valence-corrected chi connectivity index (χ0v) is 15.2. The summed E-state index contributed by atoms with van der Waals surface area (Å²) in [5, 5.41) is 11.4. The molecule has 1 N–H and O–H groups in total. The maximum atomic E-state index is 12.5. The fourth-order valence-electron chi connectivity index (χ4n) is 2.63. The van der Waals surface area contributed by atoms with Crippen molar-refractivity contribution in [2.75, 3.05) is 13.1 Å². The van der Waals surface area contributed by atoms with E-state index in [9.17, 15) is 9.59 Å². The Morgan fingerprint density at radius 3 is 2.80 bits per heavy atom. The summed E-state index contributed by atoms with van der Waals surface area (Å²) in [4.78, 5) is 25.4. The molecule has 1 saturated heterocycles. The van der Waals surface area contributed by atoms with E-state index in [0.29, 0.717) is 24.8 Å². The number of amides is 3. The Labute approximate surface area is 150 Å². The quantitative estimate of drug-likeness (QED) is 0.790. The fraction of sp³-hybridized carbons (Fsp3) is 0.500. The zero-order valence-electron chi connectivity index (χ0n) is 14.4. The summed E-state index contributed by atoms with van der Waals surface area (Å²) >= 11 is 1.30. The molecule has 3 amide bonds. The van der Waals surface area contributed by atoms with Crippen LogP contribution in [0.15, 0.2) is 28.0 Å². The van der Waals surface area contributed by atoms with Crippen molar-refractivity contribution in [3.05, 3.63) is 30.0 Å². The van der Waals surface area contributed by atoms with Crippen LogP contribution in [0.4, 0.5) is 4.79 Å². The van der Waals surface area contributed by atoms with Gasteiger partial charge in [0.05, 0.1) is 18.1 Å². The first kappa shape index (κ1) is 17.5. The number of nitrogens with zero attached hydrogens (tertiary/aromatic N) is 4. The summed E-state index contributed by atoms with van der Waals surface area (Å²) in [6, 6.07) is 3.39. The van der Waals surface area contributed by atoms with Crippen LogP contribution in [0.5, 0.6) is 0 Å². The minimum absolute atomic E-state index is 0.187. The largest absolute Gasteiger partial charge is 0.467 e. The van der Waals surface area contributed by atoms with Gasteiger partial charge in [0.15, 0.2) is 5.16 Å². The number of carbonyl (C=O) groups excluding carboxylic acids is 2. The second kappa shape index (κ2) is 7.30. The number of furan rings is 1. The number of imide groups is 1. The lowest BCUT2D eigenvalue weighted by Crippen LogP contribution is -2.39. The van der Waals surface area contributed by atoms with Crippen LogP contribution in [-0.4, -0.2) is 49.9 Å². The topological polar surface area (TPSA) is 93.3 Å². The van der Waals surface area contributed by atoms with Gasteiger partial charge in [0.25, 0.3) is 0 Å². The molecule has 3 heterocycles. The number of nitrogens with one attached hydrogen (secondary N) is 1. The fourth-order valence-corrected chi connectivity index (χ4v) is 3.55. The predicted molar refractivity (Wildman–Crippen MR) is 92.4 cm³/mol. The van der Waals surface area contributed by atoms with E-state index in [1.807, 2.05) is 30.5 Å². The number of hydrogen-bond donors (Lipinski definition) is 1. The lowest BCUT2D eigenvalue weighted by molar-refractivity contribution is -0.126. The van der Waals surface area contributed by atoms with Gasteiger partial charge >= 0.3 is 6.03 Å². The van der Waals surface area contributed by atoms with Gasteiger partial charge in [-0.15, -0.1) is 10.2 Å². The number of urea groups is 1. The van der Waals surface area contributed by atoms with Crippen LogP contribution < -0.4 is 5.32 Å². The maximum absolute atomic E-state index is 12.5. The van der Waals surface area contributed by atoms with Gasteiger partial charge in [-0.3, -0.25) is 14.3 Å². The Morgan fingerprint density at radius 2 is 2.20 bits per heavy atom. The SMILES string of the molecule is CC(Sc1nnc(C(C)C)n1Cc1ccco1)C(=O)N1CCNC1=O. The molecule has 2 aromatic heterocycles. The van der Waals surface area contributed by atoms with Crippen molar-refractivity contribution in [3.8, 4) is 0 Å². The second-order valence-electron chi connectivity index (χ2n) is 6.14. The van der Waals surface area contributed by atoms with Crippen LogP contribution in [-0.2, 0) is 11.3 Å². The van der Waals surface area contributed by atoms with Crippen LogP contribution in [0.1, 0.15) is 38.3 Å². The molecule has 1 fully saturated rings. The van der Waals surface area contributed by atoms with Crippen LogP contribution in [0.2, 0.25) is 0 Å². The van der Waals surface area contributed by atoms with Crippen LogP contribution in [0.25, 0.3) is 0 Å². The monoisotopic (exact) mass is 363 g/mol. The highest BCUT2D eigenvalue weighted by atomic mass is 32.2. The standard InChI is InChI=1S/C16H21N5O3S/c1-10(2)13-18-19-16(21(13)9-12-5-4-8-24-12)25-11(3)14(22)20-7-6-17-15(20)23/h4-5,8,10-11H,6-7,9H2,1-3H3,(H,17,23). The number of carbonyl (C=O) groups is 2. The highest BCUT2D eigenvalue weighted by molar-refractivity contribution is 8.00. The van der Waals surface area contributed by atoms with E-state index in [4.69, 9.17) is 4.42 Å². The van der Waals surface area contributed by atoms with E-state index in [1.54, 1.807) is 13.2 Å². The molecule has 134 valence electrons. The first-order chi connectivity index (χ1) is 12.0. The Morgan fingerprint density at radius 1 is 1.40 bits per heavy atom. The summed E-state index contributed by atoms with van der Waals surface area (Å²) in [6.45, 7) is 7.26. The predicted octanol–water partition coefficient (Wildman–Crippen LogP) is 2.08. The van der Waals surface area contributed by atoms with Gasteiger partial charge in [0, 0.05) is 19.0 Å². The summed E-state index contributed by atoms with van der Waals surface area (Å²) < 4.78 is 7.39. The minimum atomic E-state index is -0.441. The van der Waals surface area contributed by atoms with E-state index in [2.05, 4.69) is 15.5 Å². The molecule has 0 aromatic carbocycles. The first-order valence-corrected chi connectivity index (χ1v) is 9.06. The summed E-state index contributed by atoms with van der Waals surface area (Å²) in [7, 11) is 0. The molecule has 1 unspecified atom stereocenters. The van der Waals surface area contributed by atoms with Gasteiger partial charge < -0.3 is 9.73 Å². The third-order valence-corrected chi connectivity index (χ3v) is 4.98. The smallest absolute Gasteiger partial charge is 0.324 e. The molecule has 0 aliphatic carbocycles. The van der Waals surface area contributed by atoms with Gasteiger partial charge in [-0.05, 0) is 19.1 Å². The summed E-state index contributed by atoms with van der Waals surface area (Å²) in [6.07, 6.45) is 1.62. The van der Waals surface area contributed by atoms with Crippen molar-refractivity contribution in [1.29, 1.82) is 0 Å². The van der Waals surface area contributed by atoms with E-state index >= 15 is 0 Å². The van der Waals surface area contributed by atoms with Crippen molar-refractivity contribution < 1.29 is 14.0 Å². The molecule has 9 heteroatoms. The summed E-state index contributed by atoms with van der Waals surface area (Å²) in [5.41, 5.74) is 0.